The van der Waals surface area contributed by atoms with Gasteiger partial charge in [0.1, 0.15) is 17.3 Å². The quantitative estimate of drug-likeness (QED) is 0.262. The number of amides is 1. The Morgan fingerprint density at radius 3 is 2.62 bits per heavy atom. The van der Waals surface area contributed by atoms with Crippen LogP contribution in [0.5, 0.6) is 17.2 Å². The molecular formula is C35H37N3O7. The predicted octanol–water partition coefficient (Wildman–Crippen LogP) is 3.76. The Morgan fingerprint density at radius 1 is 1.04 bits per heavy atom. The van der Waals surface area contributed by atoms with Gasteiger partial charge < -0.3 is 29.3 Å². The number of nitrogens with two attached hydrogens (primary N) is 1. The molecule has 2 aliphatic heterocycles. The first kappa shape index (κ1) is 30.2. The molecule has 4 heterocycles. The Balaban J connectivity index is 1.24. The van der Waals surface area contributed by atoms with Gasteiger partial charge in [0.25, 0.3) is 5.56 Å². The molecule has 6 rings (SSSR count). The number of primary amides is 1. The summed E-state index contributed by atoms with van der Waals surface area (Å²) < 4.78 is 19.5. The number of aromatic nitrogens is 1. The van der Waals surface area contributed by atoms with E-state index in [0.717, 1.165) is 30.0 Å². The second-order valence-corrected chi connectivity index (χ2v) is 11.9. The number of carbonyl (C=O) groups excluding carboxylic acids is 1. The van der Waals surface area contributed by atoms with Crippen molar-refractivity contribution in [2.75, 3.05) is 26.8 Å². The van der Waals surface area contributed by atoms with Crippen molar-refractivity contribution in [2.45, 2.75) is 44.2 Å². The predicted molar refractivity (Wildman–Crippen MR) is 168 cm³/mol. The molecule has 2 aromatic heterocycles. The van der Waals surface area contributed by atoms with E-state index < -0.39 is 23.0 Å². The summed E-state index contributed by atoms with van der Waals surface area (Å²) in [5, 5.41) is 10.9. The van der Waals surface area contributed by atoms with E-state index in [1.54, 1.807) is 37.4 Å². The fraction of sp³-hybridized carbons (Fsp3) is 0.343. The van der Waals surface area contributed by atoms with Gasteiger partial charge in [-0.1, -0.05) is 36.4 Å². The molecule has 0 saturated carbocycles. The number of ether oxygens (including phenoxy) is 2. The van der Waals surface area contributed by atoms with Crippen LogP contribution in [0.3, 0.4) is 0 Å². The maximum absolute atomic E-state index is 13.1. The highest BCUT2D eigenvalue weighted by Gasteiger charge is 2.35. The molecule has 3 atom stereocenters. The van der Waals surface area contributed by atoms with Crippen LogP contribution in [0.15, 0.2) is 86.8 Å². The number of pyridine rings is 1. The van der Waals surface area contributed by atoms with E-state index in [-0.39, 0.29) is 23.7 Å². The van der Waals surface area contributed by atoms with Gasteiger partial charge in [0.05, 0.1) is 26.2 Å². The summed E-state index contributed by atoms with van der Waals surface area (Å²) in [5.74, 6) is 0.119. The van der Waals surface area contributed by atoms with Crippen LogP contribution in [0.4, 0.5) is 0 Å². The van der Waals surface area contributed by atoms with Crippen LogP contribution in [0, 0.1) is 5.92 Å². The van der Waals surface area contributed by atoms with Crippen LogP contribution in [-0.4, -0.2) is 47.3 Å². The van der Waals surface area contributed by atoms with Crippen LogP contribution in [0.25, 0.3) is 0 Å². The number of likely N-dealkylation sites (tertiary alicyclic amines) is 1. The number of nitrogens with zero attached hydrogens (tertiary/aromatic N) is 2. The first-order valence-electron chi connectivity index (χ1n) is 15.2. The average Bonchev–Trinajstić information content (AvgIpc) is 3.03. The average molecular weight is 612 g/mol. The Kier molecular flexibility index (Phi) is 8.75. The van der Waals surface area contributed by atoms with Crippen molar-refractivity contribution < 1.29 is 23.8 Å². The number of fused-ring (bicyclic) bond motifs is 4. The molecule has 10 heteroatoms. The number of hydrogen-bond donors (Lipinski definition) is 2. The van der Waals surface area contributed by atoms with Gasteiger partial charge in [0.2, 0.25) is 17.1 Å². The molecule has 1 saturated heterocycles. The van der Waals surface area contributed by atoms with E-state index in [0.29, 0.717) is 55.7 Å². The third-order valence-electron chi connectivity index (χ3n) is 8.76. The van der Waals surface area contributed by atoms with Gasteiger partial charge in [0.15, 0.2) is 5.76 Å². The van der Waals surface area contributed by atoms with Crippen molar-refractivity contribution in [3.8, 4) is 17.2 Å². The van der Waals surface area contributed by atoms with Gasteiger partial charge >= 0.3 is 0 Å². The molecule has 1 amide bonds. The first-order chi connectivity index (χ1) is 21.8. The molecule has 0 radical (unpaired) electrons. The fourth-order valence-electron chi connectivity index (χ4n) is 6.73. The van der Waals surface area contributed by atoms with Gasteiger partial charge in [-0.15, -0.1) is 0 Å². The maximum atomic E-state index is 13.1. The fourth-order valence-corrected chi connectivity index (χ4v) is 6.73. The summed E-state index contributed by atoms with van der Waals surface area (Å²) in [6.45, 7) is 2.80. The second-order valence-electron chi connectivity index (χ2n) is 11.9. The van der Waals surface area contributed by atoms with Crippen molar-refractivity contribution in [3.05, 3.63) is 122 Å². The largest absolute Gasteiger partial charge is 0.502 e. The van der Waals surface area contributed by atoms with Gasteiger partial charge in [-0.2, -0.15) is 0 Å². The minimum Gasteiger partial charge on any atom is -0.502 e. The van der Waals surface area contributed by atoms with Crippen molar-refractivity contribution >= 4 is 5.91 Å². The van der Waals surface area contributed by atoms with E-state index >= 15 is 0 Å². The van der Waals surface area contributed by atoms with E-state index in [1.165, 1.54) is 6.07 Å². The summed E-state index contributed by atoms with van der Waals surface area (Å²) in [4.78, 5) is 40.0. The number of hydrogen-bond acceptors (Lipinski definition) is 8. The molecule has 234 valence electrons. The SMILES string of the molecule is COc1ccc(CCOc2ccccc2C(CC(N)=O)c2oc(CN3C[C@H]4C[C@@H](C3)c3cccc(=O)n3C4)cc(=O)c2O)cc1. The Labute approximate surface area is 260 Å². The van der Waals surface area contributed by atoms with Gasteiger partial charge in [-0.25, -0.2) is 0 Å². The normalized spacial score (nSPS) is 18.2. The number of methoxy groups -OCH3 is 1. The molecule has 0 aliphatic carbocycles. The van der Waals surface area contributed by atoms with Crippen LogP contribution in [0.2, 0.25) is 0 Å². The van der Waals surface area contributed by atoms with Gasteiger partial charge in [-0.05, 0) is 42.2 Å². The number of carbonyl (C=O) groups is 1. The lowest BCUT2D eigenvalue weighted by Gasteiger charge is -2.42. The van der Waals surface area contributed by atoms with Crippen molar-refractivity contribution in [1.82, 2.24) is 9.47 Å². The molecule has 4 aromatic rings. The van der Waals surface area contributed by atoms with E-state index in [2.05, 4.69) is 4.90 Å². The molecule has 10 nitrogen and oxygen atoms in total. The van der Waals surface area contributed by atoms with Crippen LogP contribution < -0.4 is 26.2 Å². The molecule has 1 unspecified atom stereocenters. The molecule has 2 aliphatic rings. The molecule has 1 fully saturated rings. The second kappa shape index (κ2) is 13.0. The summed E-state index contributed by atoms with van der Waals surface area (Å²) in [6, 6.07) is 21.6. The van der Waals surface area contributed by atoms with E-state index in [9.17, 15) is 19.5 Å². The monoisotopic (exact) mass is 611 g/mol. The van der Waals surface area contributed by atoms with Gasteiger partial charge in [-0.3, -0.25) is 19.3 Å². The number of piperidine rings is 1. The van der Waals surface area contributed by atoms with E-state index in [1.807, 2.05) is 41.0 Å². The molecule has 3 N–H and O–H groups in total. The minimum absolute atomic E-state index is 0.0170. The highest BCUT2D eigenvalue weighted by molar-refractivity contribution is 5.75. The van der Waals surface area contributed by atoms with Crippen molar-refractivity contribution in [2.24, 2.45) is 11.7 Å². The third kappa shape index (κ3) is 6.66. The number of aromatic hydroxyl groups is 1. The van der Waals surface area contributed by atoms with Crippen LogP contribution >= 0.6 is 0 Å². The maximum Gasteiger partial charge on any atom is 0.250 e. The molecule has 2 aromatic carbocycles. The zero-order valence-corrected chi connectivity index (χ0v) is 25.2. The lowest BCUT2D eigenvalue weighted by atomic mass is 9.83. The zero-order valence-electron chi connectivity index (χ0n) is 25.2. The third-order valence-corrected chi connectivity index (χ3v) is 8.76. The molecule has 0 spiro atoms. The molecule has 2 bridgehead atoms. The summed E-state index contributed by atoms with van der Waals surface area (Å²) >= 11 is 0. The van der Waals surface area contributed by atoms with Gasteiger partial charge in [0, 0.05) is 61.8 Å². The van der Waals surface area contributed by atoms with Crippen molar-refractivity contribution in [3.63, 3.8) is 0 Å². The number of benzene rings is 2. The smallest absolute Gasteiger partial charge is 0.250 e. The zero-order chi connectivity index (χ0) is 31.5. The highest BCUT2D eigenvalue weighted by Crippen LogP contribution is 2.39. The van der Waals surface area contributed by atoms with Crippen molar-refractivity contribution in [1.29, 1.82) is 0 Å². The Morgan fingerprint density at radius 2 is 1.84 bits per heavy atom. The summed E-state index contributed by atoms with van der Waals surface area (Å²) in [7, 11) is 1.62. The molecule has 45 heavy (non-hydrogen) atoms. The summed E-state index contributed by atoms with van der Waals surface area (Å²) in [5.41, 5.74) is 7.78. The minimum atomic E-state index is -0.841. The standard InChI is InChI=1S/C35H37N3O7/c1-43-25-11-9-22(10-12-25)13-14-44-31-7-3-2-5-27(31)28(17-32(36)40)35-34(42)30(39)16-26(45-35)21-37-18-23-15-24(20-37)29-6-4-8-33(41)38(29)19-23/h2-12,16,23-24,28,42H,13-15,17-21H2,1H3,(H2,36,40)/t23-,24+,28?/m1/s1. The molecular weight excluding hydrogens is 574 g/mol. The summed E-state index contributed by atoms with van der Waals surface area (Å²) in [6.07, 6.45) is 1.43. The Hall–Kier alpha value is -4.83. The lowest BCUT2D eigenvalue weighted by Crippen LogP contribution is -2.46. The number of para-hydroxylation sites is 1. The van der Waals surface area contributed by atoms with E-state index in [4.69, 9.17) is 19.6 Å². The van der Waals surface area contributed by atoms with Crippen LogP contribution in [-0.2, 0) is 24.3 Å². The highest BCUT2D eigenvalue weighted by atomic mass is 16.5. The number of rotatable bonds is 11. The van der Waals surface area contributed by atoms with Crippen LogP contribution in [0.1, 0.15) is 53.0 Å². The topological polar surface area (TPSA) is 137 Å². The first-order valence-corrected chi connectivity index (χ1v) is 15.2. The lowest BCUT2D eigenvalue weighted by molar-refractivity contribution is -0.118. The Bertz CT molecular complexity index is 1800.